The van der Waals surface area contributed by atoms with Gasteiger partial charge in [-0.1, -0.05) is 43.3 Å². The van der Waals surface area contributed by atoms with E-state index in [1.165, 1.54) is 22.8 Å². The van der Waals surface area contributed by atoms with Gasteiger partial charge in [-0.3, -0.25) is 0 Å². The number of ether oxygens (including phenoxy) is 1. The molecule has 0 saturated heterocycles. The van der Waals surface area contributed by atoms with Crippen LogP contribution in [0.25, 0.3) is 10.8 Å². The van der Waals surface area contributed by atoms with Gasteiger partial charge in [-0.05, 0) is 18.4 Å². The van der Waals surface area contributed by atoms with E-state index in [2.05, 4.69) is 48.6 Å². The van der Waals surface area contributed by atoms with Crippen molar-refractivity contribution >= 4 is 10.8 Å². The Balaban J connectivity index is 2.05. The lowest BCUT2D eigenvalue weighted by atomic mass is 9.96. The summed E-state index contributed by atoms with van der Waals surface area (Å²) in [6, 6.07) is 13.3. The smallest absolute Gasteiger partial charge is 0.131 e. The van der Waals surface area contributed by atoms with Crippen molar-refractivity contribution in [3.63, 3.8) is 0 Å². The highest BCUT2D eigenvalue weighted by molar-refractivity contribution is 5.89. The summed E-state index contributed by atoms with van der Waals surface area (Å²) in [5.41, 5.74) is 1.31. The van der Waals surface area contributed by atoms with Gasteiger partial charge in [-0.15, -0.1) is 0 Å². The van der Waals surface area contributed by atoms with Crippen molar-refractivity contribution in [2.24, 2.45) is 0 Å². The molecule has 2 nitrogen and oxygen atoms in total. The lowest BCUT2D eigenvalue weighted by Crippen LogP contribution is -2.27. The maximum Gasteiger partial charge on any atom is 0.131 e. The van der Waals surface area contributed by atoms with Crippen LogP contribution in [0.2, 0.25) is 0 Å². The van der Waals surface area contributed by atoms with Gasteiger partial charge < -0.3 is 10.1 Å². The van der Waals surface area contributed by atoms with E-state index in [4.69, 9.17) is 4.74 Å². The largest absolute Gasteiger partial charge is 0.493 e. The first-order chi connectivity index (χ1) is 8.90. The zero-order chi connectivity index (χ0) is 12.4. The van der Waals surface area contributed by atoms with Crippen molar-refractivity contribution < 1.29 is 4.74 Å². The van der Waals surface area contributed by atoms with Crippen molar-refractivity contribution in [1.82, 2.24) is 5.32 Å². The zero-order valence-electron chi connectivity index (χ0n) is 10.8. The van der Waals surface area contributed by atoms with E-state index in [1.54, 1.807) is 0 Å². The van der Waals surface area contributed by atoms with Gasteiger partial charge in [-0.25, -0.2) is 0 Å². The Bertz CT molecular complexity index is 550. The Hall–Kier alpha value is -1.54. The Morgan fingerprint density at radius 3 is 3.00 bits per heavy atom. The highest BCUT2D eigenvalue weighted by atomic mass is 16.5. The maximum atomic E-state index is 5.91. The molecule has 1 N–H and O–H groups in total. The highest BCUT2D eigenvalue weighted by Gasteiger charge is 2.22. The molecule has 3 rings (SSSR count). The third-order valence-corrected chi connectivity index (χ3v) is 3.58. The van der Waals surface area contributed by atoms with E-state index in [0.717, 1.165) is 25.3 Å². The Morgan fingerprint density at radius 1 is 1.22 bits per heavy atom. The molecule has 2 heteroatoms. The average molecular weight is 241 g/mol. The molecule has 1 atom stereocenters. The highest BCUT2D eigenvalue weighted by Crippen LogP contribution is 2.37. The van der Waals surface area contributed by atoms with Crippen LogP contribution in [0, 0.1) is 0 Å². The van der Waals surface area contributed by atoms with Crippen molar-refractivity contribution in [3.05, 3.63) is 42.0 Å². The van der Waals surface area contributed by atoms with Crippen LogP contribution in [0.3, 0.4) is 0 Å². The normalized spacial score (nSPS) is 18.4. The van der Waals surface area contributed by atoms with E-state index < -0.39 is 0 Å². The second-order valence-corrected chi connectivity index (χ2v) is 4.85. The summed E-state index contributed by atoms with van der Waals surface area (Å²) >= 11 is 0. The SMILES string of the molecule is CCCNC1CCOc2c1ccc1ccccc21. The predicted molar refractivity (Wildman–Crippen MR) is 75.1 cm³/mol. The van der Waals surface area contributed by atoms with Crippen LogP contribution in [-0.2, 0) is 0 Å². The number of fused-ring (bicyclic) bond motifs is 3. The van der Waals surface area contributed by atoms with Crippen LogP contribution >= 0.6 is 0 Å². The second-order valence-electron chi connectivity index (χ2n) is 4.85. The molecule has 18 heavy (non-hydrogen) atoms. The number of hydrogen-bond donors (Lipinski definition) is 1. The minimum absolute atomic E-state index is 0.443. The van der Waals surface area contributed by atoms with Crippen LogP contribution < -0.4 is 10.1 Å². The standard InChI is InChI=1S/C16H19NO/c1-2-10-17-15-9-11-18-16-13-6-4-3-5-12(13)7-8-14(15)16/h3-8,15,17H,2,9-11H2,1H3. The number of hydrogen-bond acceptors (Lipinski definition) is 2. The molecule has 0 amide bonds. The Kier molecular flexibility index (Phi) is 3.20. The van der Waals surface area contributed by atoms with Gasteiger partial charge in [0.25, 0.3) is 0 Å². The van der Waals surface area contributed by atoms with Crippen molar-refractivity contribution in [2.45, 2.75) is 25.8 Å². The van der Waals surface area contributed by atoms with Gasteiger partial charge in [0.2, 0.25) is 0 Å². The molecule has 1 aliphatic heterocycles. The summed E-state index contributed by atoms with van der Waals surface area (Å²) in [6.07, 6.45) is 2.23. The molecule has 0 aliphatic carbocycles. The summed E-state index contributed by atoms with van der Waals surface area (Å²) in [6.45, 7) is 4.08. The molecule has 0 saturated carbocycles. The van der Waals surface area contributed by atoms with Crippen LogP contribution in [0.1, 0.15) is 31.4 Å². The lowest BCUT2D eigenvalue weighted by Gasteiger charge is -2.27. The fourth-order valence-corrected chi connectivity index (χ4v) is 2.66. The molecule has 0 radical (unpaired) electrons. The van der Waals surface area contributed by atoms with Gasteiger partial charge in [0, 0.05) is 23.4 Å². The molecular weight excluding hydrogens is 222 g/mol. The summed E-state index contributed by atoms with van der Waals surface area (Å²) < 4.78 is 5.91. The molecule has 0 fully saturated rings. The van der Waals surface area contributed by atoms with Crippen LogP contribution in [-0.4, -0.2) is 13.2 Å². The molecule has 0 aromatic heterocycles. The Morgan fingerprint density at radius 2 is 2.11 bits per heavy atom. The van der Waals surface area contributed by atoms with Crippen LogP contribution in [0.5, 0.6) is 5.75 Å². The molecule has 1 aliphatic rings. The summed E-state index contributed by atoms with van der Waals surface area (Å²) in [7, 11) is 0. The molecule has 94 valence electrons. The van der Waals surface area contributed by atoms with Crippen molar-refractivity contribution in [3.8, 4) is 5.75 Å². The number of rotatable bonds is 3. The first-order valence-electron chi connectivity index (χ1n) is 6.78. The molecule has 1 unspecified atom stereocenters. The van der Waals surface area contributed by atoms with Crippen LogP contribution in [0.15, 0.2) is 36.4 Å². The van der Waals surface area contributed by atoms with Crippen molar-refractivity contribution in [1.29, 1.82) is 0 Å². The maximum absolute atomic E-state index is 5.91. The van der Waals surface area contributed by atoms with E-state index in [-0.39, 0.29) is 0 Å². The first kappa shape index (κ1) is 11.5. The minimum Gasteiger partial charge on any atom is -0.493 e. The minimum atomic E-state index is 0.443. The third-order valence-electron chi connectivity index (χ3n) is 3.58. The van der Waals surface area contributed by atoms with Crippen LogP contribution in [0.4, 0.5) is 0 Å². The van der Waals surface area contributed by atoms with Crippen molar-refractivity contribution in [2.75, 3.05) is 13.2 Å². The fraction of sp³-hybridized carbons (Fsp3) is 0.375. The molecule has 0 bridgehead atoms. The average Bonchev–Trinajstić information content (AvgIpc) is 2.44. The lowest BCUT2D eigenvalue weighted by molar-refractivity contribution is 0.256. The van der Waals surface area contributed by atoms with E-state index in [0.29, 0.717) is 6.04 Å². The monoisotopic (exact) mass is 241 g/mol. The van der Waals surface area contributed by atoms with Gasteiger partial charge >= 0.3 is 0 Å². The summed E-state index contributed by atoms with van der Waals surface area (Å²) in [5, 5.41) is 6.10. The van der Waals surface area contributed by atoms with Gasteiger partial charge in [-0.2, -0.15) is 0 Å². The molecule has 0 spiro atoms. The van der Waals surface area contributed by atoms with E-state index in [9.17, 15) is 0 Å². The number of benzene rings is 2. The summed E-state index contributed by atoms with van der Waals surface area (Å²) in [5.74, 6) is 1.08. The topological polar surface area (TPSA) is 21.3 Å². The number of nitrogens with one attached hydrogen (secondary N) is 1. The van der Waals surface area contributed by atoms with Gasteiger partial charge in [0.1, 0.15) is 5.75 Å². The molecular formula is C16H19NO. The predicted octanol–water partition coefficient (Wildman–Crippen LogP) is 3.66. The second kappa shape index (κ2) is 4.99. The first-order valence-corrected chi connectivity index (χ1v) is 6.78. The third kappa shape index (κ3) is 1.97. The van der Waals surface area contributed by atoms with Gasteiger partial charge in [0.15, 0.2) is 0 Å². The molecule has 2 aromatic carbocycles. The quantitative estimate of drug-likeness (QED) is 0.885. The van der Waals surface area contributed by atoms with Gasteiger partial charge in [0.05, 0.1) is 6.61 Å². The zero-order valence-corrected chi connectivity index (χ0v) is 10.8. The Labute approximate surface area is 108 Å². The van der Waals surface area contributed by atoms with E-state index in [1.807, 2.05) is 0 Å². The summed E-state index contributed by atoms with van der Waals surface area (Å²) in [4.78, 5) is 0. The molecule has 2 aromatic rings. The molecule has 1 heterocycles. The fourth-order valence-electron chi connectivity index (χ4n) is 2.66. The van der Waals surface area contributed by atoms with E-state index >= 15 is 0 Å².